The van der Waals surface area contributed by atoms with Crippen LogP contribution in [0.15, 0.2) is 24.3 Å². The number of amides is 1. The van der Waals surface area contributed by atoms with Crippen molar-refractivity contribution < 1.29 is 17.9 Å². The Labute approximate surface area is 117 Å². The van der Waals surface area contributed by atoms with Crippen LogP contribution in [0.25, 0.3) is 0 Å². The summed E-state index contributed by atoms with van der Waals surface area (Å²) in [4.78, 5) is 11.2. The van der Waals surface area contributed by atoms with Crippen LogP contribution in [0.1, 0.15) is 12.5 Å². The maximum absolute atomic E-state index is 11.9. The molecule has 110 valence electrons. The third-order valence-corrected chi connectivity index (χ3v) is 3.73. The van der Waals surface area contributed by atoms with Gasteiger partial charge in [0, 0.05) is 12.6 Å². The molecular formula is C11H16N4O4S. The summed E-state index contributed by atoms with van der Waals surface area (Å²) in [5.41, 5.74) is 5.97. The van der Waals surface area contributed by atoms with Gasteiger partial charge in [-0.15, -0.1) is 0 Å². The molecule has 0 saturated carbocycles. The first-order chi connectivity index (χ1) is 9.27. The van der Waals surface area contributed by atoms with Gasteiger partial charge < -0.3 is 10.5 Å². The van der Waals surface area contributed by atoms with E-state index < -0.39 is 16.3 Å². The fourth-order valence-corrected chi connectivity index (χ4v) is 2.14. The average molecular weight is 300 g/mol. The Hall–Kier alpha value is -2.29. The number of hydrogen-bond acceptors (Lipinski definition) is 5. The van der Waals surface area contributed by atoms with Crippen LogP contribution >= 0.6 is 0 Å². The lowest BCUT2D eigenvalue weighted by atomic mass is 10.2. The van der Waals surface area contributed by atoms with E-state index in [0.717, 1.165) is 4.31 Å². The van der Waals surface area contributed by atoms with E-state index in [1.165, 1.54) is 19.2 Å². The van der Waals surface area contributed by atoms with Gasteiger partial charge in [0.2, 0.25) is 0 Å². The molecule has 8 nitrogen and oxygen atoms in total. The van der Waals surface area contributed by atoms with Crippen molar-refractivity contribution in [2.45, 2.75) is 6.92 Å². The minimum atomic E-state index is -4.08. The van der Waals surface area contributed by atoms with Gasteiger partial charge in [0.15, 0.2) is 0 Å². The Kier molecular flexibility index (Phi) is 4.92. The van der Waals surface area contributed by atoms with E-state index in [2.05, 4.69) is 4.74 Å². The molecule has 0 aromatic heterocycles. The van der Waals surface area contributed by atoms with Gasteiger partial charge in [0.25, 0.3) is 0 Å². The first-order valence-corrected chi connectivity index (χ1v) is 7.09. The van der Waals surface area contributed by atoms with Crippen molar-refractivity contribution in [2.75, 3.05) is 18.0 Å². The predicted octanol–water partition coefficient (Wildman–Crippen LogP) is 0.398. The maximum atomic E-state index is 11.9. The fraction of sp³-hybridized carbons (Fsp3) is 0.273. The Morgan fingerprint density at radius 2 is 2.15 bits per heavy atom. The Balaban J connectivity index is 2.98. The van der Waals surface area contributed by atoms with E-state index in [1.54, 1.807) is 23.8 Å². The van der Waals surface area contributed by atoms with Crippen LogP contribution in [0.2, 0.25) is 0 Å². The number of amidine groups is 1. The largest absolute Gasteiger partial charge is 0.449 e. The van der Waals surface area contributed by atoms with Crippen molar-refractivity contribution in [1.82, 2.24) is 4.72 Å². The van der Waals surface area contributed by atoms with Crippen LogP contribution in [0.5, 0.6) is 0 Å². The standard InChI is InChI=1S/C11H16N4O4S/c1-3-19-11(16)14-20(17,18)15(2)9-6-4-5-8(7-9)10(12)13/h4-7H,3H2,1-2H3,(H3,12,13)(H,14,16). The molecule has 0 unspecified atom stereocenters. The SMILES string of the molecule is CCOC(=O)NS(=O)(=O)N(C)c1cccc(C(=N)N)c1. The van der Waals surface area contributed by atoms with Crippen LogP contribution in [-0.2, 0) is 14.9 Å². The Morgan fingerprint density at radius 3 is 2.70 bits per heavy atom. The molecule has 0 radical (unpaired) electrons. The number of benzene rings is 1. The number of nitrogen functional groups attached to an aromatic ring is 1. The summed E-state index contributed by atoms with van der Waals surface area (Å²) in [7, 11) is -2.82. The number of hydrogen-bond donors (Lipinski definition) is 3. The van der Waals surface area contributed by atoms with Crippen molar-refractivity contribution in [3.05, 3.63) is 29.8 Å². The molecule has 1 rings (SSSR count). The van der Waals surface area contributed by atoms with Crippen LogP contribution in [0, 0.1) is 5.41 Å². The van der Waals surface area contributed by atoms with E-state index >= 15 is 0 Å². The molecule has 4 N–H and O–H groups in total. The second-order valence-corrected chi connectivity index (χ2v) is 5.46. The lowest BCUT2D eigenvalue weighted by Crippen LogP contribution is -2.41. The molecule has 1 aromatic carbocycles. The van der Waals surface area contributed by atoms with Gasteiger partial charge in [-0.1, -0.05) is 12.1 Å². The number of nitrogens with one attached hydrogen (secondary N) is 2. The first kappa shape index (κ1) is 15.8. The van der Waals surface area contributed by atoms with Gasteiger partial charge in [-0.25, -0.2) is 9.52 Å². The summed E-state index contributed by atoms with van der Waals surface area (Å²) in [5, 5.41) is 7.32. The highest BCUT2D eigenvalue weighted by atomic mass is 32.2. The predicted molar refractivity (Wildman–Crippen MR) is 74.9 cm³/mol. The number of carbonyl (C=O) groups excluding carboxylic acids is 1. The van der Waals surface area contributed by atoms with Gasteiger partial charge in [0.05, 0.1) is 12.3 Å². The van der Waals surface area contributed by atoms with E-state index in [0.29, 0.717) is 5.56 Å². The molecule has 0 aliphatic carbocycles. The molecule has 0 aliphatic rings. The highest BCUT2D eigenvalue weighted by Gasteiger charge is 2.22. The summed E-state index contributed by atoms with van der Waals surface area (Å²) in [6, 6.07) is 6.07. The summed E-state index contributed by atoms with van der Waals surface area (Å²) >= 11 is 0. The fourth-order valence-electron chi connectivity index (χ4n) is 1.34. The van der Waals surface area contributed by atoms with E-state index in [1.807, 2.05) is 0 Å². The molecule has 0 saturated heterocycles. The van der Waals surface area contributed by atoms with E-state index in [9.17, 15) is 13.2 Å². The molecule has 0 bridgehead atoms. The number of nitrogens with two attached hydrogens (primary N) is 1. The Morgan fingerprint density at radius 1 is 1.50 bits per heavy atom. The summed E-state index contributed by atoms with van der Waals surface area (Å²) < 4.78 is 31.0. The summed E-state index contributed by atoms with van der Waals surface area (Å²) in [5.74, 6) is -0.184. The highest BCUT2D eigenvalue weighted by Crippen LogP contribution is 2.17. The Bertz CT molecular complexity index is 615. The average Bonchev–Trinajstić information content (AvgIpc) is 2.37. The van der Waals surface area contributed by atoms with Crippen LogP contribution in [0.3, 0.4) is 0 Å². The van der Waals surface area contributed by atoms with Crippen LogP contribution in [-0.4, -0.2) is 34.0 Å². The number of ether oxygens (including phenoxy) is 1. The lowest BCUT2D eigenvalue weighted by molar-refractivity contribution is 0.158. The lowest BCUT2D eigenvalue weighted by Gasteiger charge is -2.19. The molecule has 0 heterocycles. The van der Waals surface area contributed by atoms with E-state index in [4.69, 9.17) is 11.1 Å². The molecule has 0 fully saturated rings. The third kappa shape index (κ3) is 3.85. The van der Waals surface area contributed by atoms with Gasteiger partial charge >= 0.3 is 16.3 Å². The minimum Gasteiger partial charge on any atom is -0.449 e. The molecular weight excluding hydrogens is 284 g/mol. The molecule has 1 amide bonds. The van der Waals surface area contributed by atoms with Crippen molar-refractivity contribution >= 4 is 27.8 Å². The summed E-state index contributed by atoms with van der Waals surface area (Å²) in [6.07, 6.45) is -1.05. The monoisotopic (exact) mass is 300 g/mol. The van der Waals surface area contributed by atoms with Crippen molar-refractivity contribution in [3.8, 4) is 0 Å². The van der Waals surface area contributed by atoms with E-state index in [-0.39, 0.29) is 18.1 Å². The van der Waals surface area contributed by atoms with Gasteiger partial charge in [-0.05, 0) is 19.1 Å². The minimum absolute atomic E-state index is 0.0604. The highest BCUT2D eigenvalue weighted by molar-refractivity contribution is 7.91. The van der Waals surface area contributed by atoms with Crippen molar-refractivity contribution in [2.24, 2.45) is 5.73 Å². The topological polar surface area (TPSA) is 126 Å². The van der Waals surface area contributed by atoms with Gasteiger partial charge in [-0.3, -0.25) is 9.71 Å². The smallest absolute Gasteiger partial charge is 0.422 e. The number of nitrogens with zero attached hydrogens (tertiary/aromatic N) is 1. The molecule has 1 aromatic rings. The number of anilines is 1. The zero-order valence-electron chi connectivity index (χ0n) is 11.1. The second kappa shape index (κ2) is 6.24. The van der Waals surface area contributed by atoms with Gasteiger partial charge in [0.1, 0.15) is 5.84 Å². The molecule has 20 heavy (non-hydrogen) atoms. The van der Waals surface area contributed by atoms with Gasteiger partial charge in [-0.2, -0.15) is 8.42 Å². The molecule has 0 spiro atoms. The maximum Gasteiger partial charge on any atom is 0.422 e. The molecule has 0 aliphatic heterocycles. The second-order valence-electron chi connectivity index (χ2n) is 3.76. The summed E-state index contributed by atoms with van der Waals surface area (Å²) in [6.45, 7) is 1.62. The number of carbonyl (C=O) groups is 1. The van der Waals surface area contributed by atoms with Crippen molar-refractivity contribution in [1.29, 1.82) is 5.41 Å². The van der Waals surface area contributed by atoms with Crippen molar-refractivity contribution in [3.63, 3.8) is 0 Å². The van der Waals surface area contributed by atoms with Crippen LogP contribution in [0.4, 0.5) is 10.5 Å². The third-order valence-electron chi connectivity index (χ3n) is 2.37. The molecule has 0 atom stereocenters. The number of rotatable bonds is 5. The van der Waals surface area contributed by atoms with Crippen LogP contribution < -0.4 is 14.8 Å². The zero-order chi connectivity index (χ0) is 15.3. The normalized spacial score (nSPS) is 10.7. The zero-order valence-corrected chi connectivity index (χ0v) is 11.9. The molecule has 9 heteroatoms. The first-order valence-electron chi connectivity index (χ1n) is 5.65. The quantitative estimate of drug-likeness (QED) is 0.536.